The molecule has 15 heavy (non-hydrogen) atoms. The lowest BCUT2D eigenvalue weighted by Gasteiger charge is -2.06. The van der Waals surface area contributed by atoms with Crippen molar-refractivity contribution in [3.05, 3.63) is 28.9 Å². The Hall–Kier alpha value is -1.20. The number of ether oxygens (including phenoxy) is 1. The van der Waals surface area contributed by atoms with E-state index >= 15 is 0 Å². The van der Waals surface area contributed by atoms with Crippen molar-refractivity contribution in [3.8, 4) is 5.88 Å². The van der Waals surface area contributed by atoms with E-state index < -0.39 is 0 Å². The summed E-state index contributed by atoms with van der Waals surface area (Å²) in [5, 5.41) is 0. The summed E-state index contributed by atoms with van der Waals surface area (Å²) in [6.07, 6.45) is 0. The number of aromatic nitrogens is 2. The zero-order chi connectivity index (χ0) is 10.7. The van der Waals surface area contributed by atoms with Crippen molar-refractivity contribution < 1.29 is 4.74 Å². The molecule has 1 aromatic carbocycles. The van der Waals surface area contributed by atoms with E-state index in [4.69, 9.17) is 10.5 Å². The minimum atomic E-state index is 0.436. The maximum atomic E-state index is 5.35. The molecule has 4 nitrogen and oxygen atoms in total. The van der Waals surface area contributed by atoms with Crippen LogP contribution < -0.4 is 10.5 Å². The highest BCUT2D eigenvalue weighted by Gasteiger charge is 2.06. The highest BCUT2D eigenvalue weighted by Crippen LogP contribution is 2.23. The lowest BCUT2D eigenvalue weighted by molar-refractivity contribution is 0.313. The number of benzene rings is 1. The molecule has 1 heterocycles. The van der Waals surface area contributed by atoms with Gasteiger partial charge in [-0.25, -0.2) is 9.97 Å². The summed E-state index contributed by atoms with van der Waals surface area (Å²) in [6.45, 7) is 0.895. The molecule has 0 fully saturated rings. The van der Waals surface area contributed by atoms with Crippen molar-refractivity contribution in [2.24, 2.45) is 5.73 Å². The molecule has 0 atom stereocenters. The monoisotopic (exact) mass is 267 g/mol. The minimum absolute atomic E-state index is 0.436. The first kappa shape index (κ1) is 10.3. The summed E-state index contributed by atoms with van der Waals surface area (Å²) in [7, 11) is 0. The van der Waals surface area contributed by atoms with E-state index in [-0.39, 0.29) is 0 Å². The van der Waals surface area contributed by atoms with E-state index in [1.54, 1.807) is 0 Å². The standard InChI is InChI=1S/C10H10BrN3O/c11-9-10(15-6-5-12)14-8-4-2-1-3-7(8)13-9/h1-4H,5-6,12H2. The van der Waals surface area contributed by atoms with Crippen molar-refractivity contribution in [2.75, 3.05) is 13.2 Å². The van der Waals surface area contributed by atoms with E-state index in [1.807, 2.05) is 24.3 Å². The fourth-order valence-corrected chi connectivity index (χ4v) is 1.60. The lowest BCUT2D eigenvalue weighted by atomic mass is 10.3. The van der Waals surface area contributed by atoms with Crippen LogP contribution in [-0.2, 0) is 0 Å². The van der Waals surface area contributed by atoms with Gasteiger partial charge in [-0.1, -0.05) is 12.1 Å². The molecule has 0 unspecified atom stereocenters. The van der Waals surface area contributed by atoms with Gasteiger partial charge in [-0.15, -0.1) is 0 Å². The van der Waals surface area contributed by atoms with Gasteiger partial charge in [-0.05, 0) is 28.1 Å². The third-order valence-electron chi connectivity index (χ3n) is 1.86. The van der Waals surface area contributed by atoms with Crippen molar-refractivity contribution in [1.82, 2.24) is 9.97 Å². The van der Waals surface area contributed by atoms with Gasteiger partial charge in [0.05, 0.1) is 11.0 Å². The van der Waals surface area contributed by atoms with E-state index in [9.17, 15) is 0 Å². The Morgan fingerprint density at radius 1 is 1.20 bits per heavy atom. The molecule has 2 N–H and O–H groups in total. The summed E-state index contributed by atoms with van der Waals surface area (Å²) in [6, 6.07) is 7.63. The Morgan fingerprint density at radius 3 is 2.53 bits per heavy atom. The molecule has 2 aromatic rings. The van der Waals surface area contributed by atoms with Gasteiger partial charge in [0.1, 0.15) is 6.61 Å². The van der Waals surface area contributed by atoms with E-state index in [0.717, 1.165) is 11.0 Å². The van der Waals surface area contributed by atoms with Gasteiger partial charge in [0.15, 0.2) is 4.60 Å². The maximum absolute atomic E-state index is 5.35. The average Bonchev–Trinajstić information content (AvgIpc) is 2.26. The van der Waals surface area contributed by atoms with Crippen LogP contribution in [0.2, 0.25) is 0 Å². The number of hydrogen-bond acceptors (Lipinski definition) is 4. The van der Waals surface area contributed by atoms with Gasteiger partial charge in [-0.3, -0.25) is 0 Å². The Morgan fingerprint density at radius 2 is 1.87 bits per heavy atom. The molecular formula is C10H10BrN3O. The van der Waals surface area contributed by atoms with Crippen LogP contribution in [0.25, 0.3) is 11.0 Å². The summed E-state index contributed by atoms with van der Waals surface area (Å²) < 4.78 is 5.95. The molecule has 0 bridgehead atoms. The predicted octanol–water partition coefficient (Wildman–Crippen LogP) is 1.73. The van der Waals surface area contributed by atoms with Crippen LogP contribution in [0, 0.1) is 0 Å². The molecule has 0 aliphatic heterocycles. The van der Waals surface area contributed by atoms with Gasteiger partial charge in [0.25, 0.3) is 0 Å². The Bertz CT molecular complexity index is 475. The lowest BCUT2D eigenvalue weighted by Crippen LogP contribution is -2.11. The summed E-state index contributed by atoms with van der Waals surface area (Å²) >= 11 is 3.31. The highest BCUT2D eigenvalue weighted by atomic mass is 79.9. The van der Waals surface area contributed by atoms with E-state index in [2.05, 4.69) is 25.9 Å². The maximum Gasteiger partial charge on any atom is 0.248 e. The van der Waals surface area contributed by atoms with Crippen LogP contribution in [-0.4, -0.2) is 23.1 Å². The van der Waals surface area contributed by atoms with Crippen LogP contribution in [0.3, 0.4) is 0 Å². The molecule has 0 amide bonds. The zero-order valence-electron chi connectivity index (χ0n) is 7.98. The van der Waals surface area contributed by atoms with E-state index in [0.29, 0.717) is 23.6 Å². The third kappa shape index (κ3) is 2.24. The molecule has 0 saturated heterocycles. The van der Waals surface area contributed by atoms with Crippen molar-refractivity contribution >= 4 is 27.0 Å². The molecular weight excluding hydrogens is 258 g/mol. The predicted molar refractivity (Wildman–Crippen MR) is 61.8 cm³/mol. The van der Waals surface area contributed by atoms with Crippen molar-refractivity contribution in [3.63, 3.8) is 0 Å². The highest BCUT2D eigenvalue weighted by molar-refractivity contribution is 9.10. The quantitative estimate of drug-likeness (QED) is 0.920. The molecule has 2 rings (SSSR count). The first-order valence-electron chi connectivity index (χ1n) is 4.56. The zero-order valence-corrected chi connectivity index (χ0v) is 9.57. The molecule has 0 aliphatic rings. The molecule has 0 aliphatic carbocycles. The van der Waals surface area contributed by atoms with Crippen LogP contribution in [0.15, 0.2) is 28.9 Å². The van der Waals surface area contributed by atoms with Gasteiger partial charge in [0, 0.05) is 6.54 Å². The number of hydrogen-bond donors (Lipinski definition) is 1. The molecule has 5 heteroatoms. The number of fused-ring (bicyclic) bond motifs is 1. The fourth-order valence-electron chi connectivity index (χ4n) is 1.21. The topological polar surface area (TPSA) is 61.0 Å². The molecule has 1 aromatic heterocycles. The smallest absolute Gasteiger partial charge is 0.248 e. The SMILES string of the molecule is NCCOc1nc2ccccc2nc1Br. The number of halogens is 1. The molecule has 0 radical (unpaired) electrons. The number of rotatable bonds is 3. The second-order valence-electron chi connectivity index (χ2n) is 2.95. The van der Waals surface area contributed by atoms with Crippen molar-refractivity contribution in [1.29, 1.82) is 0 Å². The largest absolute Gasteiger partial charge is 0.474 e. The van der Waals surface area contributed by atoms with Crippen LogP contribution >= 0.6 is 15.9 Å². The van der Waals surface area contributed by atoms with Gasteiger partial charge >= 0.3 is 0 Å². The second-order valence-corrected chi connectivity index (χ2v) is 3.70. The van der Waals surface area contributed by atoms with Crippen LogP contribution in [0.5, 0.6) is 5.88 Å². The summed E-state index contributed by atoms with van der Waals surface area (Å²) in [5.41, 5.74) is 7.00. The summed E-state index contributed by atoms with van der Waals surface area (Å²) in [4.78, 5) is 8.64. The average molecular weight is 268 g/mol. The Balaban J connectivity index is 2.43. The number of para-hydroxylation sites is 2. The fraction of sp³-hybridized carbons (Fsp3) is 0.200. The van der Waals surface area contributed by atoms with Crippen molar-refractivity contribution in [2.45, 2.75) is 0 Å². The van der Waals surface area contributed by atoms with Crippen LogP contribution in [0.1, 0.15) is 0 Å². The molecule has 0 spiro atoms. The van der Waals surface area contributed by atoms with Gasteiger partial charge < -0.3 is 10.5 Å². The second kappa shape index (κ2) is 4.55. The van der Waals surface area contributed by atoms with Gasteiger partial charge in [-0.2, -0.15) is 0 Å². The Labute approximate surface area is 95.6 Å². The number of nitrogens with zero attached hydrogens (tertiary/aromatic N) is 2. The summed E-state index contributed by atoms with van der Waals surface area (Å²) in [5.74, 6) is 0.485. The molecule has 78 valence electrons. The van der Waals surface area contributed by atoms with Crippen LogP contribution in [0.4, 0.5) is 0 Å². The third-order valence-corrected chi connectivity index (χ3v) is 2.37. The Kier molecular flexibility index (Phi) is 3.13. The molecule has 0 saturated carbocycles. The first-order chi connectivity index (χ1) is 7.31. The van der Waals surface area contributed by atoms with E-state index in [1.165, 1.54) is 0 Å². The minimum Gasteiger partial charge on any atom is -0.474 e. The number of nitrogens with two attached hydrogens (primary N) is 1. The normalized spacial score (nSPS) is 10.5. The first-order valence-corrected chi connectivity index (χ1v) is 5.35. The van der Waals surface area contributed by atoms with Gasteiger partial charge in [0.2, 0.25) is 5.88 Å².